The monoisotopic (exact) mass is 234 g/mol. The summed E-state index contributed by atoms with van der Waals surface area (Å²) in [6.07, 6.45) is 0. The highest BCUT2D eigenvalue weighted by molar-refractivity contribution is 5.97. The lowest BCUT2D eigenvalue weighted by Gasteiger charge is -1.95. The maximum absolute atomic E-state index is 11.9. The van der Waals surface area contributed by atoms with Gasteiger partial charge in [0.1, 0.15) is 0 Å². The van der Waals surface area contributed by atoms with Crippen LogP contribution in [0.2, 0.25) is 0 Å². The molecule has 3 aromatic rings. The summed E-state index contributed by atoms with van der Waals surface area (Å²) in [4.78, 5) is 23.2. The Kier molecular flexibility index (Phi) is 2.41. The second-order valence-corrected chi connectivity index (χ2v) is 4.22. The van der Waals surface area contributed by atoms with Gasteiger partial charge in [0.25, 0.3) is 0 Å². The van der Waals surface area contributed by atoms with Gasteiger partial charge in [-0.15, -0.1) is 0 Å². The first kappa shape index (κ1) is 10.7. The van der Waals surface area contributed by atoms with Crippen LogP contribution in [0.4, 0.5) is 0 Å². The lowest BCUT2D eigenvalue weighted by molar-refractivity contribution is 1.68. The molecule has 0 heterocycles. The van der Waals surface area contributed by atoms with Gasteiger partial charge in [0, 0.05) is 5.39 Å². The van der Waals surface area contributed by atoms with Crippen molar-refractivity contribution in [2.45, 2.75) is 0 Å². The van der Waals surface area contributed by atoms with Gasteiger partial charge in [0.15, 0.2) is 10.9 Å². The molecule has 3 rings (SSSR count). The van der Waals surface area contributed by atoms with Crippen LogP contribution in [-0.4, -0.2) is 0 Å². The van der Waals surface area contributed by atoms with E-state index in [0.29, 0.717) is 5.39 Å². The van der Waals surface area contributed by atoms with Crippen LogP contribution in [0.15, 0.2) is 70.3 Å². The van der Waals surface area contributed by atoms with Crippen molar-refractivity contribution >= 4 is 21.5 Å². The van der Waals surface area contributed by atoms with Crippen LogP contribution in [0.5, 0.6) is 0 Å². The molecule has 0 aliphatic carbocycles. The molecular weight excluding hydrogens is 224 g/mol. The normalized spacial score (nSPS) is 10.7. The lowest BCUT2D eigenvalue weighted by atomic mass is 10.1. The molecule has 0 aromatic heterocycles. The minimum Gasteiger partial charge on any atom is -0.290 e. The zero-order valence-corrected chi connectivity index (χ0v) is 9.59. The molecule has 0 spiro atoms. The van der Waals surface area contributed by atoms with Gasteiger partial charge < -0.3 is 0 Å². The van der Waals surface area contributed by atoms with Crippen LogP contribution < -0.4 is 10.9 Å². The van der Waals surface area contributed by atoms with E-state index in [4.69, 9.17) is 0 Å². The zero-order valence-electron chi connectivity index (χ0n) is 9.59. The number of fused-ring (bicyclic) bond motifs is 2. The molecule has 0 atom stereocenters. The van der Waals surface area contributed by atoms with E-state index in [1.54, 1.807) is 24.3 Å². The summed E-state index contributed by atoms with van der Waals surface area (Å²) in [6, 6.07) is 17.4. The van der Waals surface area contributed by atoms with Gasteiger partial charge in [-0.1, -0.05) is 30.3 Å². The van der Waals surface area contributed by atoms with Crippen LogP contribution in [0, 0.1) is 0 Å². The van der Waals surface area contributed by atoms with Crippen LogP contribution >= 0.6 is 0 Å². The van der Waals surface area contributed by atoms with E-state index in [0.717, 1.165) is 16.2 Å². The Morgan fingerprint density at radius 2 is 1.28 bits per heavy atom. The number of hydrogen-bond donors (Lipinski definition) is 0. The van der Waals surface area contributed by atoms with Gasteiger partial charge in [-0.3, -0.25) is 9.59 Å². The number of benzene rings is 1. The van der Waals surface area contributed by atoms with Gasteiger partial charge in [-0.2, -0.15) is 0 Å². The Hall–Kier alpha value is -2.48. The summed E-state index contributed by atoms with van der Waals surface area (Å²) in [5.41, 5.74) is -0.0473. The maximum Gasteiger partial charge on any atom is 0.186 e. The number of hydrogen-bond acceptors (Lipinski definition) is 2. The molecule has 0 aliphatic heterocycles. The van der Waals surface area contributed by atoms with Crippen molar-refractivity contribution in [3.63, 3.8) is 0 Å². The SMILES string of the molecule is O=c1ccc2cc3ccccc(=O)c3cc2cc1. The minimum atomic E-state index is -0.0387. The van der Waals surface area contributed by atoms with Crippen molar-refractivity contribution in [2.75, 3.05) is 0 Å². The molecule has 0 saturated carbocycles. The Balaban J connectivity index is 2.59. The third kappa shape index (κ3) is 1.78. The highest BCUT2D eigenvalue weighted by atomic mass is 16.1. The molecule has 0 bridgehead atoms. The van der Waals surface area contributed by atoms with Crippen LogP contribution in [0.1, 0.15) is 0 Å². The highest BCUT2D eigenvalue weighted by Crippen LogP contribution is 2.18. The summed E-state index contributed by atoms with van der Waals surface area (Å²) in [7, 11) is 0. The maximum atomic E-state index is 11.9. The number of rotatable bonds is 0. The molecule has 86 valence electrons. The third-order valence-electron chi connectivity index (χ3n) is 3.01. The van der Waals surface area contributed by atoms with Crippen molar-refractivity contribution in [3.05, 3.63) is 81.1 Å². The Bertz CT molecular complexity index is 867. The third-order valence-corrected chi connectivity index (χ3v) is 3.01. The Morgan fingerprint density at radius 1 is 0.611 bits per heavy atom. The van der Waals surface area contributed by atoms with E-state index in [2.05, 4.69) is 0 Å². The Labute approximate surface area is 103 Å². The Morgan fingerprint density at radius 3 is 2.06 bits per heavy atom. The van der Waals surface area contributed by atoms with E-state index in [-0.39, 0.29) is 10.9 Å². The van der Waals surface area contributed by atoms with E-state index in [1.807, 2.05) is 24.3 Å². The molecule has 2 nitrogen and oxygen atoms in total. The summed E-state index contributed by atoms with van der Waals surface area (Å²) in [6.45, 7) is 0. The fourth-order valence-electron chi connectivity index (χ4n) is 2.08. The molecule has 3 aromatic carbocycles. The van der Waals surface area contributed by atoms with Gasteiger partial charge in [-0.25, -0.2) is 0 Å². The van der Waals surface area contributed by atoms with Crippen LogP contribution in [-0.2, 0) is 0 Å². The lowest BCUT2D eigenvalue weighted by Crippen LogP contribution is -1.93. The minimum absolute atomic E-state index is 0.00856. The quantitative estimate of drug-likeness (QED) is 0.599. The van der Waals surface area contributed by atoms with Gasteiger partial charge in [0.2, 0.25) is 0 Å². The van der Waals surface area contributed by atoms with E-state index in [1.165, 1.54) is 12.1 Å². The highest BCUT2D eigenvalue weighted by Gasteiger charge is 1.98. The summed E-state index contributed by atoms with van der Waals surface area (Å²) >= 11 is 0. The molecule has 0 radical (unpaired) electrons. The van der Waals surface area contributed by atoms with Crippen molar-refractivity contribution < 1.29 is 0 Å². The first-order valence-corrected chi connectivity index (χ1v) is 5.71. The van der Waals surface area contributed by atoms with Gasteiger partial charge in [0.05, 0.1) is 0 Å². The fraction of sp³-hybridized carbons (Fsp3) is 0. The molecule has 18 heavy (non-hydrogen) atoms. The smallest absolute Gasteiger partial charge is 0.186 e. The molecular formula is C16H10O2. The second kappa shape index (κ2) is 4.08. The van der Waals surface area contributed by atoms with Gasteiger partial charge in [-0.05, 0) is 46.5 Å². The molecule has 0 saturated heterocycles. The van der Waals surface area contributed by atoms with Crippen LogP contribution in [0.3, 0.4) is 0 Å². The van der Waals surface area contributed by atoms with E-state index in [9.17, 15) is 9.59 Å². The fourth-order valence-corrected chi connectivity index (χ4v) is 2.08. The average Bonchev–Trinajstić information content (AvgIpc) is 2.66. The molecule has 2 heteroatoms. The second-order valence-electron chi connectivity index (χ2n) is 4.22. The molecule has 0 N–H and O–H groups in total. The van der Waals surface area contributed by atoms with Crippen molar-refractivity contribution in [2.24, 2.45) is 0 Å². The van der Waals surface area contributed by atoms with Crippen molar-refractivity contribution in [1.29, 1.82) is 0 Å². The average molecular weight is 234 g/mol. The van der Waals surface area contributed by atoms with Crippen molar-refractivity contribution in [3.8, 4) is 0 Å². The molecule has 0 fully saturated rings. The standard InChI is InChI=1S/C16H10O2/c17-14-7-5-11-9-13-3-1-2-4-16(18)15(13)10-12(11)6-8-14/h1-10H. The summed E-state index contributed by atoms with van der Waals surface area (Å²) in [5, 5.41) is 3.41. The van der Waals surface area contributed by atoms with E-state index < -0.39 is 0 Å². The largest absolute Gasteiger partial charge is 0.290 e. The topological polar surface area (TPSA) is 34.1 Å². The summed E-state index contributed by atoms with van der Waals surface area (Å²) in [5.74, 6) is 0. The zero-order chi connectivity index (χ0) is 12.5. The molecule has 0 unspecified atom stereocenters. The van der Waals surface area contributed by atoms with E-state index >= 15 is 0 Å². The predicted octanol–water partition coefficient (Wildman–Crippen LogP) is 2.71. The molecule has 0 amide bonds. The van der Waals surface area contributed by atoms with Crippen LogP contribution in [0.25, 0.3) is 21.5 Å². The van der Waals surface area contributed by atoms with Gasteiger partial charge >= 0.3 is 0 Å². The van der Waals surface area contributed by atoms with Crippen molar-refractivity contribution in [1.82, 2.24) is 0 Å². The first-order chi connectivity index (χ1) is 8.74. The molecule has 0 aliphatic rings. The summed E-state index contributed by atoms with van der Waals surface area (Å²) < 4.78 is 0. The first-order valence-electron chi connectivity index (χ1n) is 5.71. The predicted molar refractivity (Wildman–Crippen MR) is 74.0 cm³/mol.